The molecule has 3 aromatic carbocycles. The molecule has 0 bridgehead atoms. The average molecular weight is 530 g/mol. The van der Waals surface area contributed by atoms with E-state index in [1.54, 1.807) is 29.2 Å². The smallest absolute Gasteiger partial charge is 0.261 e. The molecule has 1 N–H and O–H groups in total. The summed E-state index contributed by atoms with van der Waals surface area (Å²) in [6, 6.07) is 23.6. The number of likely N-dealkylation sites (N-methyl/N-ethyl adjacent to an activating group) is 1. The van der Waals surface area contributed by atoms with Gasteiger partial charge in [0.05, 0.1) is 0 Å². The molecule has 0 aromatic heterocycles. The Bertz CT molecular complexity index is 1080. The highest BCUT2D eigenvalue weighted by molar-refractivity contribution is 9.10. The molecular formula is C26H26BrClN2O3. The largest absolute Gasteiger partial charge is 0.484 e. The van der Waals surface area contributed by atoms with E-state index in [0.29, 0.717) is 23.7 Å². The zero-order valence-electron chi connectivity index (χ0n) is 18.3. The van der Waals surface area contributed by atoms with Crippen molar-refractivity contribution in [2.75, 3.05) is 13.2 Å². The fraction of sp³-hybridized carbons (Fsp3) is 0.231. The van der Waals surface area contributed by atoms with Gasteiger partial charge in [0, 0.05) is 29.0 Å². The van der Waals surface area contributed by atoms with Crippen molar-refractivity contribution in [1.29, 1.82) is 0 Å². The van der Waals surface area contributed by atoms with Crippen LogP contribution in [-0.2, 0) is 22.6 Å². The van der Waals surface area contributed by atoms with Gasteiger partial charge in [-0.2, -0.15) is 0 Å². The number of hydrogen-bond donors (Lipinski definition) is 1. The fourth-order valence-corrected chi connectivity index (χ4v) is 4.09. The molecule has 33 heavy (non-hydrogen) atoms. The lowest BCUT2D eigenvalue weighted by molar-refractivity contribution is -0.142. The summed E-state index contributed by atoms with van der Waals surface area (Å²) in [5.41, 5.74) is 1.87. The van der Waals surface area contributed by atoms with E-state index in [0.717, 1.165) is 15.6 Å². The van der Waals surface area contributed by atoms with E-state index in [2.05, 4.69) is 21.2 Å². The van der Waals surface area contributed by atoms with E-state index in [-0.39, 0.29) is 25.0 Å². The van der Waals surface area contributed by atoms with Gasteiger partial charge in [-0.1, -0.05) is 76.1 Å². The summed E-state index contributed by atoms with van der Waals surface area (Å²) in [6.45, 7) is 2.40. The van der Waals surface area contributed by atoms with E-state index in [4.69, 9.17) is 16.3 Å². The third-order valence-corrected chi connectivity index (χ3v) is 5.75. The maximum atomic E-state index is 13.4. The summed E-state index contributed by atoms with van der Waals surface area (Å²) in [7, 11) is 0. The lowest BCUT2D eigenvalue weighted by Crippen LogP contribution is -2.51. The second-order valence-corrected chi connectivity index (χ2v) is 8.85. The molecule has 0 aliphatic rings. The number of hydrogen-bond acceptors (Lipinski definition) is 3. The van der Waals surface area contributed by atoms with Gasteiger partial charge in [-0.3, -0.25) is 9.59 Å². The zero-order valence-corrected chi connectivity index (χ0v) is 20.7. The summed E-state index contributed by atoms with van der Waals surface area (Å²) in [5.74, 6) is 0.00506. The molecule has 0 aliphatic carbocycles. The van der Waals surface area contributed by atoms with Crippen molar-refractivity contribution in [3.8, 4) is 5.75 Å². The van der Waals surface area contributed by atoms with Crippen molar-refractivity contribution in [1.82, 2.24) is 10.2 Å². The van der Waals surface area contributed by atoms with E-state index in [9.17, 15) is 9.59 Å². The number of nitrogens with zero attached hydrogens (tertiary/aromatic N) is 1. The molecule has 0 aliphatic heterocycles. The normalized spacial score (nSPS) is 11.5. The number of benzene rings is 3. The zero-order chi connectivity index (χ0) is 23.6. The minimum Gasteiger partial charge on any atom is -0.484 e. The van der Waals surface area contributed by atoms with Gasteiger partial charge >= 0.3 is 0 Å². The number of halogens is 2. The minimum absolute atomic E-state index is 0.201. The number of nitrogens with one attached hydrogen (secondary N) is 1. The highest BCUT2D eigenvalue weighted by atomic mass is 79.9. The van der Waals surface area contributed by atoms with Crippen LogP contribution >= 0.6 is 27.5 Å². The summed E-state index contributed by atoms with van der Waals surface area (Å²) >= 11 is 9.51. The van der Waals surface area contributed by atoms with E-state index < -0.39 is 6.04 Å². The molecule has 0 radical (unpaired) electrons. The molecule has 1 atom stereocenters. The molecule has 0 spiro atoms. The molecule has 3 aromatic rings. The first kappa shape index (κ1) is 24.8. The van der Waals surface area contributed by atoms with Crippen LogP contribution in [0.4, 0.5) is 0 Å². The predicted molar refractivity (Wildman–Crippen MR) is 134 cm³/mol. The van der Waals surface area contributed by atoms with Crippen molar-refractivity contribution in [3.63, 3.8) is 0 Å². The van der Waals surface area contributed by atoms with Crippen LogP contribution in [0.3, 0.4) is 0 Å². The molecule has 0 heterocycles. The molecule has 0 saturated heterocycles. The quantitative estimate of drug-likeness (QED) is 0.390. The van der Waals surface area contributed by atoms with E-state index >= 15 is 0 Å². The van der Waals surface area contributed by atoms with Crippen LogP contribution in [0.1, 0.15) is 18.1 Å². The number of amides is 2. The summed E-state index contributed by atoms with van der Waals surface area (Å²) in [6.07, 6.45) is 0.392. The third-order valence-electron chi connectivity index (χ3n) is 5.02. The maximum Gasteiger partial charge on any atom is 0.261 e. The Morgan fingerprint density at radius 1 is 1.00 bits per heavy atom. The van der Waals surface area contributed by atoms with Gasteiger partial charge in [-0.15, -0.1) is 0 Å². The average Bonchev–Trinajstić information content (AvgIpc) is 2.80. The van der Waals surface area contributed by atoms with Gasteiger partial charge in [-0.05, 0) is 48.4 Å². The van der Waals surface area contributed by atoms with Crippen LogP contribution in [0, 0.1) is 0 Å². The van der Waals surface area contributed by atoms with Crippen LogP contribution in [0.25, 0.3) is 0 Å². The highest BCUT2D eigenvalue weighted by Crippen LogP contribution is 2.20. The van der Waals surface area contributed by atoms with Crippen LogP contribution in [-0.4, -0.2) is 35.9 Å². The summed E-state index contributed by atoms with van der Waals surface area (Å²) < 4.78 is 6.62. The number of carbonyl (C=O) groups is 2. The minimum atomic E-state index is -0.693. The van der Waals surface area contributed by atoms with Gasteiger partial charge in [-0.25, -0.2) is 0 Å². The lowest BCUT2D eigenvalue weighted by atomic mass is 10.0. The Morgan fingerprint density at radius 2 is 1.73 bits per heavy atom. The van der Waals surface area contributed by atoms with Gasteiger partial charge in [0.2, 0.25) is 5.91 Å². The third kappa shape index (κ3) is 7.62. The van der Waals surface area contributed by atoms with Crippen molar-refractivity contribution in [3.05, 3.63) is 99.5 Å². The number of carbonyl (C=O) groups excluding carboxylic acids is 2. The van der Waals surface area contributed by atoms with Crippen LogP contribution < -0.4 is 10.1 Å². The van der Waals surface area contributed by atoms with E-state index in [1.807, 2.05) is 61.5 Å². The first-order chi connectivity index (χ1) is 16.0. The molecule has 5 nitrogen and oxygen atoms in total. The Hall–Kier alpha value is -2.83. The molecule has 0 saturated carbocycles. The standard InChI is InChI=1S/C26H26BrClN2O3/c1-2-29-26(32)24(15-19-8-4-3-5-9-19)30(17-20-10-6-11-21(27)14-20)25(31)18-33-23-13-7-12-22(28)16-23/h3-14,16,24H,2,15,17-18H2,1H3,(H,29,32). The van der Waals surface area contributed by atoms with Gasteiger partial charge in [0.1, 0.15) is 11.8 Å². The topological polar surface area (TPSA) is 58.6 Å². The van der Waals surface area contributed by atoms with Crippen molar-refractivity contribution < 1.29 is 14.3 Å². The molecule has 0 fully saturated rings. The monoisotopic (exact) mass is 528 g/mol. The Morgan fingerprint density at radius 3 is 2.42 bits per heavy atom. The number of ether oxygens (including phenoxy) is 1. The second-order valence-electron chi connectivity index (χ2n) is 7.50. The molecule has 7 heteroatoms. The lowest BCUT2D eigenvalue weighted by Gasteiger charge is -2.31. The Balaban J connectivity index is 1.89. The predicted octanol–water partition coefficient (Wildman–Crippen LogP) is 5.26. The maximum absolute atomic E-state index is 13.4. The first-order valence-electron chi connectivity index (χ1n) is 10.7. The van der Waals surface area contributed by atoms with E-state index in [1.165, 1.54) is 0 Å². The van der Waals surface area contributed by atoms with Gasteiger partial charge in [0.25, 0.3) is 5.91 Å². The summed E-state index contributed by atoms with van der Waals surface area (Å²) in [5, 5.41) is 3.40. The Kier molecular flexibility index (Phi) is 9.34. The van der Waals surface area contributed by atoms with Crippen LogP contribution in [0.5, 0.6) is 5.75 Å². The Labute approximate surface area is 207 Å². The van der Waals surface area contributed by atoms with Gasteiger partial charge < -0.3 is 15.0 Å². The van der Waals surface area contributed by atoms with Crippen molar-refractivity contribution in [2.24, 2.45) is 0 Å². The second kappa shape index (κ2) is 12.4. The fourth-order valence-electron chi connectivity index (χ4n) is 3.46. The van der Waals surface area contributed by atoms with Gasteiger partial charge in [0.15, 0.2) is 6.61 Å². The SMILES string of the molecule is CCNC(=O)C(Cc1ccccc1)N(Cc1cccc(Br)c1)C(=O)COc1cccc(Cl)c1. The first-order valence-corrected chi connectivity index (χ1v) is 11.9. The molecule has 172 valence electrons. The molecule has 3 rings (SSSR count). The molecular weight excluding hydrogens is 504 g/mol. The van der Waals surface area contributed by atoms with Crippen LogP contribution in [0.15, 0.2) is 83.3 Å². The highest BCUT2D eigenvalue weighted by Gasteiger charge is 2.30. The summed E-state index contributed by atoms with van der Waals surface area (Å²) in [4.78, 5) is 28.1. The molecule has 2 amide bonds. The molecule has 1 unspecified atom stereocenters. The van der Waals surface area contributed by atoms with Crippen molar-refractivity contribution in [2.45, 2.75) is 25.9 Å². The van der Waals surface area contributed by atoms with Crippen LogP contribution in [0.2, 0.25) is 5.02 Å². The van der Waals surface area contributed by atoms with Crippen molar-refractivity contribution >= 4 is 39.3 Å². The number of rotatable bonds is 10.